The summed E-state index contributed by atoms with van der Waals surface area (Å²) in [6, 6.07) is 19.7. The molecule has 0 bridgehead atoms. The van der Waals surface area contributed by atoms with Gasteiger partial charge < -0.3 is 10.2 Å². The second kappa shape index (κ2) is 10.7. The number of rotatable bonds is 8. The van der Waals surface area contributed by atoms with Gasteiger partial charge >= 0.3 is 0 Å². The van der Waals surface area contributed by atoms with Crippen LogP contribution in [-0.4, -0.2) is 34.0 Å². The minimum absolute atomic E-state index is 0.118. The van der Waals surface area contributed by atoms with E-state index >= 15 is 0 Å². The minimum atomic E-state index is -3.99. The van der Waals surface area contributed by atoms with E-state index in [1.54, 1.807) is 49.4 Å². The van der Waals surface area contributed by atoms with Gasteiger partial charge in [-0.3, -0.25) is 9.10 Å². The van der Waals surface area contributed by atoms with Gasteiger partial charge in [0.05, 0.1) is 10.6 Å². The number of halogens is 1. The lowest BCUT2D eigenvalue weighted by molar-refractivity contribution is -0.119. The Kier molecular flexibility index (Phi) is 7.67. The van der Waals surface area contributed by atoms with Crippen LogP contribution in [0.4, 0.5) is 11.4 Å². The number of aryl methyl sites for hydroxylation is 2. The molecule has 8 heteroatoms. The molecular weight excluding hydrogens is 482 g/mol. The smallest absolute Gasteiger partial charge is 0.264 e. The van der Waals surface area contributed by atoms with E-state index in [1.165, 1.54) is 18.5 Å². The van der Waals surface area contributed by atoms with Crippen molar-refractivity contribution < 1.29 is 13.2 Å². The van der Waals surface area contributed by atoms with Gasteiger partial charge in [0.15, 0.2) is 0 Å². The zero-order valence-electron chi connectivity index (χ0n) is 20.0. The maximum atomic E-state index is 13.6. The summed E-state index contributed by atoms with van der Waals surface area (Å²) < 4.78 is 28.3. The standard InChI is InChI=1S/C27H30ClN3O3S/c1-20-5-13-25(14-6-20)35(33,34)31(26-17-23(28)10-7-21(26)2)19-27(32)29-18-22-8-11-24(12-9-22)30-15-3-4-16-30/h5-14,17H,3-4,15-16,18-19H2,1-2H3,(H,29,32). The molecule has 0 aromatic heterocycles. The van der Waals surface area contributed by atoms with Crippen LogP contribution in [0.2, 0.25) is 5.02 Å². The van der Waals surface area contributed by atoms with Crippen LogP contribution < -0.4 is 14.5 Å². The minimum Gasteiger partial charge on any atom is -0.372 e. The largest absolute Gasteiger partial charge is 0.372 e. The summed E-state index contributed by atoms with van der Waals surface area (Å²) in [5.41, 5.74) is 4.17. The molecule has 1 N–H and O–H groups in total. The van der Waals surface area contributed by atoms with Crippen molar-refractivity contribution in [2.75, 3.05) is 28.8 Å². The van der Waals surface area contributed by atoms with Gasteiger partial charge in [-0.15, -0.1) is 0 Å². The molecule has 1 amide bonds. The lowest BCUT2D eigenvalue weighted by Crippen LogP contribution is -2.41. The van der Waals surface area contributed by atoms with Crippen LogP contribution in [0.5, 0.6) is 0 Å². The molecule has 1 heterocycles. The maximum Gasteiger partial charge on any atom is 0.264 e. The number of benzene rings is 3. The molecule has 1 aliphatic heterocycles. The zero-order valence-corrected chi connectivity index (χ0v) is 21.6. The molecule has 0 aliphatic carbocycles. The van der Waals surface area contributed by atoms with Crippen molar-refractivity contribution in [2.45, 2.75) is 38.1 Å². The van der Waals surface area contributed by atoms with Crippen LogP contribution in [0.15, 0.2) is 71.6 Å². The summed E-state index contributed by atoms with van der Waals surface area (Å²) in [7, 11) is -3.99. The first-order chi connectivity index (χ1) is 16.7. The Morgan fingerprint density at radius 2 is 1.63 bits per heavy atom. The van der Waals surface area contributed by atoms with Gasteiger partial charge in [0.25, 0.3) is 10.0 Å². The molecule has 0 radical (unpaired) electrons. The van der Waals surface area contributed by atoms with Gasteiger partial charge in [0.1, 0.15) is 6.54 Å². The first kappa shape index (κ1) is 25.1. The van der Waals surface area contributed by atoms with Crippen molar-refractivity contribution in [1.82, 2.24) is 5.32 Å². The van der Waals surface area contributed by atoms with Gasteiger partial charge in [-0.1, -0.05) is 47.5 Å². The fourth-order valence-electron chi connectivity index (χ4n) is 4.18. The highest BCUT2D eigenvalue weighted by Gasteiger charge is 2.28. The van der Waals surface area contributed by atoms with Crippen molar-refractivity contribution in [3.05, 3.63) is 88.4 Å². The third-order valence-corrected chi connectivity index (χ3v) is 8.24. The van der Waals surface area contributed by atoms with Gasteiger partial charge in [0, 0.05) is 30.3 Å². The molecule has 1 aliphatic rings. The maximum absolute atomic E-state index is 13.6. The van der Waals surface area contributed by atoms with Crippen molar-refractivity contribution in [3.63, 3.8) is 0 Å². The van der Waals surface area contributed by atoms with E-state index < -0.39 is 15.9 Å². The van der Waals surface area contributed by atoms with Gasteiger partial charge in [-0.25, -0.2) is 8.42 Å². The SMILES string of the molecule is Cc1ccc(S(=O)(=O)N(CC(=O)NCc2ccc(N3CCCC3)cc2)c2cc(Cl)ccc2C)cc1. The number of nitrogens with zero attached hydrogens (tertiary/aromatic N) is 2. The van der Waals surface area contributed by atoms with Crippen LogP contribution in [-0.2, 0) is 21.4 Å². The van der Waals surface area contributed by atoms with E-state index in [-0.39, 0.29) is 11.4 Å². The monoisotopic (exact) mass is 511 g/mol. The van der Waals surface area contributed by atoms with E-state index in [0.29, 0.717) is 22.8 Å². The third-order valence-electron chi connectivity index (χ3n) is 6.23. The van der Waals surface area contributed by atoms with Crippen molar-refractivity contribution in [3.8, 4) is 0 Å². The third kappa shape index (κ3) is 5.97. The van der Waals surface area contributed by atoms with E-state index in [2.05, 4.69) is 22.3 Å². The van der Waals surface area contributed by atoms with Crippen molar-refractivity contribution >= 4 is 38.9 Å². The van der Waals surface area contributed by atoms with Crippen LogP contribution in [0.1, 0.15) is 29.5 Å². The van der Waals surface area contributed by atoms with Crippen LogP contribution in [0.3, 0.4) is 0 Å². The number of anilines is 2. The van der Waals surface area contributed by atoms with Crippen LogP contribution in [0, 0.1) is 13.8 Å². The second-order valence-electron chi connectivity index (χ2n) is 8.89. The predicted octanol–water partition coefficient (Wildman–Crippen LogP) is 5.07. The van der Waals surface area contributed by atoms with E-state index in [9.17, 15) is 13.2 Å². The Balaban J connectivity index is 1.52. The summed E-state index contributed by atoms with van der Waals surface area (Å²) in [6.45, 7) is 5.79. The van der Waals surface area contributed by atoms with Crippen LogP contribution >= 0.6 is 11.6 Å². The van der Waals surface area contributed by atoms with E-state index in [4.69, 9.17) is 11.6 Å². The fraction of sp³-hybridized carbons (Fsp3) is 0.296. The lowest BCUT2D eigenvalue weighted by atomic mass is 10.2. The number of hydrogen-bond acceptors (Lipinski definition) is 4. The molecule has 1 saturated heterocycles. The Morgan fingerprint density at radius 3 is 2.29 bits per heavy atom. The number of amides is 1. The summed E-state index contributed by atoms with van der Waals surface area (Å²) in [4.78, 5) is 15.4. The second-order valence-corrected chi connectivity index (χ2v) is 11.2. The molecule has 184 valence electrons. The quantitative estimate of drug-likeness (QED) is 0.458. The Morgan fingerprint density at radius 1 is 0.971 bits per heavy atom. The number of nitrogens with one attached hydrogen (secondary N) is 1. The molecule has 0 unspecified atom stereocenters. The zero-order chi connectivity index (χ0) is 25.0. The molecule has 0 saturated carbocycles. The van der Waals surface area contributed by atoms with Crippen molar-refractivity contribution in [2.24, 2.45) is 0 Å². The average molecular weight is 512 g/mol. The number of hydrogen-bond donors (Lipinski definition) is 1. The van der Waals surface area contributed by atoms with Crippen LogP contribution in [0.25, 0.3) is 0 Å². The summed E-state index contributed by atoms with van der Waals surface area (Å²) >= 11 is 6.19. The summed E-state index contributed by atoms with van der Waals surface area (Å²) in [6.07, 6.45) is 2.43. The fourth-order valence-corrected chi connectivity index (χ4v) is 5.82. The topological polar surface area (TPSA) is 69.7 Å². The van der Waals surface area contributed by atoms with Gasteiger partial charge in [0.2, 0.25) is 5.91 Å². The summed E-state index contributed by atoms with van der Waals surface area (Å²) in [5.74, 6) is -0.399. The Labute approximate surface area is 212 Å². The number of carbonyl (C=O) groups is 1. The van der Waals surface area contributed by atoms with Gasteiger partial charge in [-0.05, 0) is 74.2 Å². The lowest BCUT2D eigenvalue weighted by Gasteiger charge is -2.26. The normalized spacial score (nSPS) is 13.6. The van der Waals surface area contributed by atoms with E-state index in [1.807, 2.05) is 19.1 Å². The predicted molar refractivity (Wildman–Crippen MR) is 142 cm³/mol. The van der Waals surface area contributed by atoms with Gasteiger partial charge in [-0.2, -0.15) is 0 Å². The summed E-state index contributed by atoms with van der Waals surface area (Å²) in [5, 5.41) is 3.26. The first-order valence-corrected chi connectivity index (χ1v) is 13.5. The molecule has 6 nitrogen and oxygen atoms in total. The average Bonchev–Trinajstić information content (AvgIpc) is 3.38. The molecule has 3 aromatic rings. The Hall–Kier alpha value is -3.03. The first-order valence-electron chi connectivity index (χ1n) is 11.7. The highest BCUT2D eigenvalue weighted by atomic mass is 35.5. The molecule has 35 heavy (non-hydrogen) atoms. The molecule has 0 atom stereocenters. The highest BCUT2D eigenvalue weighted by Crippen LogP contribution is 2.29. The molecular formula is C27H30ClN3O3S. The molecule has 3 aromatic carbocycles. The highest BCUT2D eigenvalue weighted by molar-refractivity contribution is 7.92. The molecule has 0 spiro atoms. The molecule has 4 rings (SSSR count). The van der Waals surface area contributed by atoms with Crippen molar-refractivity contribution in [1.29, 1.82) is 0 Å². The number of carbonyl (C=O) groups excluding carboxylic acids is 1. The number of sulfonamides is 1. The Bertz CT molecular complexity index is 1290. The van der Waals surface area contributed by atoms with E-state index in [0.717, 1.165) is 28.5 Å². The molecule has 1 fully saturated rings.